The van der Waals surface area contributed by atoms with Gasteiger partial charge >= 0.3 is 0 Å². The highest BCUT2D eigenvalue weighted by molar-refractivity contribution is 6.05. The van der Waals surface area contributed by atoms with Crippen LogP contribution in [0.1, 0.15) is 20.7 Å². The lowest BCUT2D eigenvalue weighted by Crippen LogP contribution is -2.14. The number of nitrogens with two attached hydrogens (primary N) is 1. The number of anilines is 1. The number of carbonyl (C=O) groups is 2. The van der Waals surface area contributed by atoms with Gasteiger partial charge in [0, 0.05) is 22.9 Å². The van der Waals surface area contributed by atoms with E-state index in [0.29, 0.717) is 28.3 Å². The molecule has 2 rings (SSSR count). The largest absolute Gasteiger partial charge is 0.497 e. The highest BCUT2D eigenvalue weighted by Crippen LogP contribution is 2.23. The van der Waals surface area contributed by atoms with Gasteiger partial charge in [-0.05, 0) is 30.3 Å². The van der Waals surface area contributed by atoms with Gasteiger partial charge < -0.3 is 20.5 Å². The summed E-state index contributed by atoms with van der Waals surface area (Å²) in [5, 5.41) is 2.70. The van der Waals surface area contributed by atoms with E-state index < -0.39 is 5.91 Å². The Balaban J connectivity index is 2.25. The van der Waals surface area contributed by atoms with Crippen LogP contribution in [0.15, 0.2) is 42.5 Å². The topological polar surface area (TPSA) is 90.7 Å². The molecule has 0 atom stereocenters. The second-order valence-corrected chi connectivity index (χ2v) is 4.50. The molecular formula is C16H16N2O4. The summed E-state index contributed by atoms with van der Waals surface area (Å²) < 4.78 is 10.3. The molecule has 0 saturated heterocycles. The second-order valence-electron chi connectivity index (χ2n) is 4.50. The molecule has 2 amide bonds. The SMILES string of the molecule is COc1cc(OC)cc(C(=O)Nc2cccc(C(N)=O)c2)c1. The standard InChI is InChI=1S/C16H16N2O4/c1-21-13-7-11(8-14(9-13)22-2)16(20)18-12-5-3-4-10(6-12)15(17)19/h3-9H,1-2H3,(H2,17,19)(H,18,20). The number of hydrogen-bond acceptors (Lipinski definition) is 4. The summed E-state index contributed by atoms with van der Waals surface area (Å²) in [5.41, 5.74) is 6.39. The van der Waals surface area contributed by atoms with Gasteiger partial charge in [-0.15, -0.1) is 0 Å². The summed E-state index contributed by atoms with van der Waals surface area (Å²) in [6.45, 7) is 0. The highest BCUT2D eigenvalue weighted by atomic mass is 16.5. The number of nitrogens with one attached hydrogen (secondary N) is 1. The summed E-state index contributed by atoms with van der Waals surface area (Å²) >= 11 is 0. The molecule has 0 aliphatic carbocycles. The molecule has 2 aromatic rings. The number of hydrogen-bond donors (Lipinski definition) is 2. The number of carbonyl (C=O) groups excluding carboxylic acids is 2. The molecule has 0 heterocycles. The van der Waals surface area contributed by atoms with Crippen molar-refractivity contribution in [3.05, 3.63) is 53.6 Å². The van der Waals surface area contributed by atoms with E-state index in [2.05, 4.69) is 5.32 Å². The van der Waals surface area contributed by atoms with Crippen molar-refractivity contribution in [3.63, 3.8) is 0 Å². The Morgan fingerprint density at radius 3 is 2.14 bits per heavy atom. The van der Waals surface area contributed by atoms with Crippen LogP contribution in [0.25, 0.3) is 0 Å². The van der Waals surface area contributed by atoms with E-state index in [1.165, 1.54) is 20.3 Å². The van der Waals surface area contributed by atoms with Crippen LogP contribution in [-0.4, -0.2) is 26.0 Å². The second kappa shape index (κ2) is 6.62. The smallest absolute Gasteiger partial charge is 0.255 e. The van der Waals surface area contributed by atoms with Crippen molar-refractivity contribution in [1.29, 1.82) is 0 Å². The third-order valence-electron chi connectivity index (χ3n) is 3.02. The van der Waals surface area contributed by atoms with E-state index in [9.17, 15) is 9.59 Å². The van der Waals surface area contributed by atoms with Crippen molar-refractivity contribution in [1.82, 2.24) is 0 Å². The predicted octanol–water partition coefficient (Wildman–Crippen LogP) is 2.05. The van der Waals surface area contributed by atoms with E-state index in [4.69, 9.17) is 15.2 Å². The molecule has 0 aliphatic heterocycles. The van der Waals surface area contributed by atoms with Gasteiger partial charge in [0.05, 0.1) is 14.2 Å². The molecule has 6 nitrogen and oxygen atoms in total. The Hall–Kier alpha value is -3.02. The molecule has 0 saturated carbocycles. The van der Waals surface area contributed by atoms with Crippen LogP contribution in [0.5, 0.6) is 11.5 Å². The quantitative estimate of drug-likeness (QED) is 0.884. The highest BCUT2D eigenvalue weighted by Gasteiger charge is 2.11. The van der Waals surface area contributed by atoms with Crippen LogP contribution in [-0.2, 0) is 0 Å². The van der Waals surface area contributed by atoms with Crippen molar-refractivity contribution in [2.75, 3.05) is 19.5 Å². The van der Waals surface area contributed by atoms with E-state index in [1.807, 2.05) is 0 Å². The third-order valence-corrected chi connectivity index (χ3v) is 3.02. The minimum atomic E-state index is -0.556. The summed E-state index contributed by atoms with van der Waals surface area (Å²) in [5.74, 6) is 0.115. The van der Waals surface area contributed by atoms with Crippen molar-refractivity contribution in [2.24, 2.45) is 5.73 Å². The molecule has 114 valence electrons. The minimum absolute atomic E-state index is 0.320. The number of methoxy groups -OCH3 is 2. The summed E-state index contributed by atoms with van der Waals surface area (Å²) in [7, 11) is 3.01. The monoisotopic (exact) mass is 300 g/mol. The molecule has 0 unspecified atom stereocenters. The van der Waals surface area contributed by atoms with Gasteiger partial charge in [0.1, 0.15) is 11.5 Å². The average molecular weight is 300 g/mol. The zero-order valence-electron chi connectivity index (χ0n) is 12.3. The van der Waals surface area contributed by atoms with Gasteiger partial charge in [-0.2, -0.15) is 0 Å². The maximum absolute atomic E-state index is 12.3. The average Bonchev–Trinajstić information content (AvgIpc) is 2.54. The zero-order chi connectivity index (χ0) is 16.1. The predicted molar refractivity (Wildman–Crippen MR) is 82.5 cm³/mol. The van der Waals surface area contributed by atoms with Gasteiger partial charge in [0.25, 0.3) is 5.91 Å². The lowest BCUT2D eigenvalue weighted by molar-refractivity contribution is 0.0996. The maximum Gasteiger partial charge on any atom is 0.255 e. The van der Waals surface area contributed by atoms with Gasteiger partial charge in [-0.25, -0.2) is 0 Å². The molecule has 0 bridgehead atoms. The van der Waals surface area contributed by atoms with Crippen molar-refractivity contribution < 1.29 is 19.1 Å². The van der Waals surface area contributed by atoms with Crippen LogP contribution in [0.4, 0.5) is 5.69 Å². The molecule has 0 aliphatic rings. The lowest BCUT2D eigenvalue weighted by Gasteiger charge is -2.09. The van der Waals surface area contributed by atoms with E-state index in [1.54, 1.807) is 36.4 Å². The van der Waals surface area contributed by atoms with E-state index in [-0.39, 0.29) is 5.91 Å². The summed E-state index contributed by atoms with van der Waals surface area (Å²) in [6.07, 6.45) is 0. The number of rotatable bonds is 5. The lowest BCUT2D eigenvalue weighted by atomic mass is 10.1. The Bertz CT molecular complexity index is 691. The van der Waals surface area contributed by atoms with Gasteiger partial charge in [0.2, 0.25) is 5.91 Å². The summed E-state index contributed by atoms with van der Waals surface area (Å²) in [4.78, 5) is 23.4. The fourth-order valence-corrected chi connectivity index (χ4v) is 1.89. The number of amides is 2. The van der Waals surface area contributed by atoms with Gasteiger partial charge in [-0.1, -0.05) is 6.07 Å². The van der Waals surface area contributed by atoms with E-state index >= 15 is 0 Å². The summed E-state index contributed by atoms with van der Waals surface area (Å²) in [6, 6.07) is 11.3. The molecule has 0 fully saturated rings. The first-order valence-corrected chi connectivity index (χ1v) is 6.48. The van der Waals surface area contributed by atoms with Crippen LogP contribution < -0.4 is 20.5 Å². The molecule has 6 heteroatoms. The number of benzene rings is 2. The molecule has 0 aromatic heterocycles. The normalized spacial score (nSPS) is 9.91. The molecular weight excluding hydrogens is 284 g/mol. The maximum atomic E-state index is 12.3. The fourth-order valence-electron chi connectivity index (χ4n) is 1.89. The van der Waals surface area contributed by atoms with Gasteiger partial charge in [0.15, 0.2) is 0 Å². The Morgan fingerprint density at radius 1 is 0.955 bits per heavy atom. The van der Waals surface area contributed by atoms with Gasteiger partial charge in [-0.3, -0.25) is 9.59 Å². The third kappa shape index (κ3) is 3.54. The molecule has 3 N–H and O–H groups in total. The molecule has 2 aromatic carbocycles. The minimum Gasteiger partial charge on any atom is -0.497 e. The first-order chi connectivity index (χ1) is 10.5. The molecule has 22 heavy (non-hydrogen) atoms. The van der Waals surface area contributed by atoms with E-state index in [0.717, 1.165) is 0 Å². The molecule has 0 radical (unpaired) electrons. The van der Waals surface area contributed by atoms with Crippen LogP contribution in [0.3, 0.4) is 0 Å². The van der Waals surface area contributed by atoms with Crippen molar-refractivity contribution >= 4 is 17.5 Å². The molecule has 0 spiro atoms. The Labute approximate surface area is 127 Å². The first kappa shape index (κ1) is 15.4. The van der Waals surface area contributed by atoms with Crippen LogP contribution >= 0.6 is 0 Å². The zero-order valence-corrected chi connectivity index (χ0v) is 12.3. The van der Waals surface area contributed by atoms with Crippen LogP contribution in [0.2, 0.25) is 0 Å². The van der Waals surface area contributed by atoms with Crippen LogP contribution in [0, 0.1) is 0 Å². The fraction of sp³-hybridized carbons (Fsp3) is 0.125. The Kier molecular flexibility index (Phi) is 4.63. The first-order valence-electron chi connectivity index (χ1n) is 6.48. The van der Waals surface area contributed by atoms with Crippen molar-refractivity contribution in [3.8, 4) is 11.5 Å². The Morgan fingerprint density at radius 2 is 1.59 bits per heavy atom. The number of ether oxygens (including phenoxy) is 2. The number of primary amides is 1. The van der Waals surface area contributed by atoms with Crippen molar-refractivity contribution in [2.45, 2.75) is 0 Å².